The highest BCUT2D eigenvalue weighted by atomic mass is 79.9. The fourth-order valence-corrected chi connectivity index (χ4v) is 12.4. The number of nitrogens with zero attached hydrogens (tertiary/aromatic N) is 2. The highest BCUT2D eigenvalue weighted by molar-refractivity contribution is 9.09. The zero-order valence-corrected chi connectivity index (χ0v) is 55.8. The number of aliphatic hydroxyl groups is 1. The van der Waals surface area contributed by atoms with Gasteiger partial charge in [0.15, 0.2) is 5.72 Å². The van der Waals surface area contributed by atoms with Gasteiger partial charge in [-0.3, -0.25) is 34.1 Å². The molecule has 0 unspecified atom stereocenters. The average molecular weight is 1380 g/mol. The van der Waals surface area contributed by atoms with Gasteiger partial charge in [-0.2, -0.15) is 0 Å². The lowest BCUT2D eigenvalue weighted by molar-refractivity contribution is -0.158. The lowest BCUT2D eigenvalue weighted by Crippen LogP contribution is -2.63. The Labute approximate surface area is 536 Å². The molecule has 3 aliphatic heterocycles. The fraction of sp³-hybridized carbons (Fsp3) is 0.590. The molecule has 5 rings (SSSR count). The summed E-state index contributed by atoms with van der Waals surface area (Å²) in [6.45, 7) is 12.5. The Morgan fingerprint density at radius 2 is 1.65 bits per heavy atom. The summed E-state index contributed by atoms with van der Waals surface area (Å²) in [5, 5.41) is 29.5. The first-order valence-electron chi connectivity index (χ1n) is 29.3. The summed E-state index contributed by atoms with van der Waals surface area (Å²) in [6, 6.07) is 3.42. The molecule has 2 saturated heterocycles. The SMILES string of the molecule is COc1ccc(C(=O)N(C)[C@@H](C)C(=O)O[C@H]2CC(=O)N(C)c3cc(cc(C)c3Cl)C/C(C)=C/C=C/[C@@H](OC)[C@@]3(O)C[C@H](OC(=O)N3)[C@@H](C)[C@@H]3O[C@@]23C)c(NC(=O)[C@H](CCCNC(N)=O)NC(=O)[C@@H](NC(=O)CCCCCNC(=O)C(CBr)CBr)C(C)C)c1. The minimum atomic E-state index is -1.92. The molecule has 4 bridgehead atoms. The van der Waals surface area contributed by atoms with Gasteiger partial charge >= 0.3 is 18.1 Å². The van der Waals surface area contributed by atoms with Crippen LogP contribution in [-0.4, -0.2) is 169 Å². The molecule has 0 spiro atoms. The quantitative estimate of drug-likeness (QED) is 0.0236. The number of nitrogens with two attached hydrogens (primary N) is 1. The Kier molecular flexibility index (Phi) is 27.1. The van der Waals surface area contributed by atoms with Crippen molar-refractivity contribution < 1.29 is 71.9 Å². The van der Waals surface area contributed by atoms with Gasteiger partial charge in [-0.1, -0.05) is 101 Å². The van der Waals surface area contributed by atoms with Crippen LogP contribution in [0.1, 0.15) is 114 Å². The molecule has 9 N–H and O–H groups in total. The van der Waals surface area contributed by atoms with E-state index in [0.29, 0.717) is 59.2 Å². The van der Waals surface area contributed by atoms with Crippen molar-refractivity contribution in [1.29, 1.82) is 0 Å². The van der Waals surface area contributed by atoms with Crippen molar-refractivity contribution in [2.24, 2.45) is 23.5 Å². The number of methoxy groups -OCH3 is 2. The van der Waals surface area contributed by atoms with E-state index in [9.17, 15) is 48.3 Å². The van der Waals surface area contributed by atoms with E-state index in [1.54, 1.807) is 53.0 Å². The summed E-state index contributed by atoms with van der Waals surface area (Å²) in [7, 11) is 5.68. The van der Waals surface area contributed by atoms with Crippen LogP contribution in [-0.2, 0) is 54.1 Å². The zero-order valence-electron chi connectivity index (χ0n) is 51.9. The minimum absolute atomic E-state index is 0.0373. The summed E-state index contributed by atoms with van der Waals surface area (Å²) in [6.07, 6.45) is 2.06. The molecule has 0 aromatic heterocycles. The van der Waals surface area contributed by atoms with Crippen LogP contribution in [0.4, 0.5) is 21.0 Å². The second kappa shape index (κ2) is 33.0. The third-order valence-electron chi connectivity index (χ3n) is 16.2. The molecule has 2 aromatic carbocycles. The Morgan fingerprint density at radius 1 is 0.955 bits per heavy atom. The van der Waals surface area contributed by atoms with Gasteiger partial charge in [0.05, 0.1) is 47.5 Å². The number of benzene rings is 2. The number of fused-ring (bicyclic) bond motifs is 5. The van der Waals surface area contributed by atoms with Crippen LogP contribution in [0.25, 0.3) is 0 Å². The van der Waals surface area contributed by atoms with Crippen LogP contribution in [0.5, 0.6) is 5.75 Å². The molecule has 3 aliphatic rings. The van der Waals surface area contributed by atoms with Crippen molar-refractivity contribution in [1.82, 2.24) is 31.5 Å². The second-order valence-corrected chi connectivity index (χ2v) is 24.9. The van der Waals surface area contributed by atoms with Crippen LogP contribution < -0.4 is 47.3 Å². The number of hydrogen-bond acceptors (Lipinski definition) is 15. The number of halogens is 3. The maximum atomic E-state index is 14.7. The number of alkyl halides is 2. The topological polar surface area (TPSA) is 328 Å². The van der Waals surface area contributed by atoms with Crippen LogP contribution >= 0.6 is 43.5 Å². The lowest BCUT2D eigenvalue weighted by Gasteiger charge is -2.42. The van der Waals surface area contributed by atoms with Gasteiger partial charge in [0.25, 0.3) is 5.91 Å². The lowest BCUT2D eigenvalue weighted by atomic mass is 9.83. The van der Waals surface area contributed by atoms with E-state index in [4.69, 9.17) is 41.0 Å². The van der Waals surface area contributed by atoms with Crippen molar-refractivity contribution in [2.45, 2.75) is 160 Å². The third-order valence-corrected chi connectivity index (χ3v) is 18.2. The monoisotopic (exact) mass is 1380 g/mol. The highest BCUT2D eigenvalue weighted by Gasteiger charge is 2.64. The fourth-order valence-electron chi connectivity index (χ4n) is 10.5. The number of unbranched alkanes of at least 4 members (excludes halogenated alkanes) is 2. The zero-order chi connectivity index (χ0) is 65.4. The number of carbonyl (C=O) groups excluding carboxylic acids is 9. The van der Waals surface area contributed by atoms with E-state index in [-0.39, 0.29) is 61.1 Å². The molecule has 27 heteroatoms. The highest BCUT2D eigenvalue weighted by Crippen LogP contribution is 2.49. The van der Waals surface area contributed by atoms with Gasteiger partial charge in [0, 0.05) is 69.8 Å². The minimum Gasteiger partial charge on any atom is -0.497 e. The van der Waals surface area contributed by atoms with Gasteiger partial charge in [0.2, 0.25) is 29.5 Å². The van der Waals surface area contributed by atoms with Crippen molar-refractivity contribution in [3.05, 3.63) is 75.8 Å². The summed E-state index contributed by atoms with van der Waals surface area (Å²) >= 11 is 13.5. The van der Waals surface area contributed by atoms with Crippen molar-refractivity contribution in [3.8, 4) is 5.75 Å². The Balaban J connectivity index is 1.38. The van der Waals surface area contributed by atoms with Gasteiger partial charge in [-0.25, -0.2) is 14.4 Å². The predicted octanol–water partition coefficient (Wildman–Crippen LogP) is 6.23. The number of rotatable bonds is 25. The number of primary amides is 1. The van der Waals surface area contributed by atoms with Crippen molar-refractivity contribution in [2.75, 3.05) is 62.3 Å². The van der Waals surface area contributed by atoms with Crippen LogP contribution in [0, 0.1) is 24.7 Å². The smallest absolute Gasteiger partial charge is 0.409 e. The number of epoxide rings is 1. The third kappa shape index (κ3) is 19.3. The predicted molar refractivity (Wildman–Crippen MR) is 338 cm³/mol. The summed E-state index contributed by atoms with van der Waals surface area (Å²) in [5.41, 5.74) is 4.67. The molecular weight excluding hydrogens is 1290 g/mol. The second-order valence-electron chi connectivity index (χ2n) is 23.2. The molecule has 10 atom stereocenters. The van der Waals surface area contributed by atoms with Gasteiger partial charge < -0.3 is 70.9 Å². The molecule has 2 fully saturated rings. The largest absolute Gasteiger partial charge is 0.497 e. The van der Waals surface area contributed by atoms with E-state index >= 15 is 0 Å². The first-order valence-corrected chi connectivity index (χ1v) is 31.9. The van der Waals surface area contributed by atoms with Gasteiger partial charge in [-0.15, -0.1) is 0 Å². The van der Waals surface area contributed by atoms with Crippen LogP contribution in [0.15, 0.2) is 54.1 Å². The molecule has 486 valence electrons. The number of esters is 1. The number of allylic oxidation sites excluding steroid dienone is 3. The number of amides is 9. The number of aryl methyl sites for hydroxylation is 1. The number of alkyl carbamates (subject to hydrolysis) is 1. The molecule has 88 heavy (non-hydrogen) atoms. The Bertz CT molecular complexity index is 2930. The number of likely N-dealkylation sites (N-methyl/N-ethyl adjacent to an activating group) is 1. The standard InChI is InChI=1S/C61H86Br2ClN9O15/c1-33(2)51(70-48(74)20-13-12-14-23-66-53(76)39(31-62)32-63)55(78)68-42(18-16-24-67-58(65)81)54(77)69-43-28-40(84-10)21-22-41(43)56(79)72(8)37(6)57(80)87-47-29-49(75)73(9)44-27-38(26-35(4)50(44)64)25-34(3)17-15-19-46(85-11)61(83)30-45(86-59(82)71-61)36(5)52-60(47,7)88-52/h15,17,19,21-22,26-28,33,36-37,39,42,45-47,51-52,83H,12-14,16,18,20,23-25,29-32H2,1-11H3,(H,66,76)(H,68,78)(H,69,77)(H,70,74)(H,71,82)(H3,65,67,81)/b19-15+,34-17+/t36-,37+,42+,45+,46-,47+,51+,52+,60+,61+/m1/s1. The van der Waals surface area contributed by atoms with Crippen LogP contribution in [0.2, 0.25) is 5.02 Å². The maximum absolute atomic E-state index is 14.7. The number of nitrogens with one attached hydrogen (secondary N) is 6. The molecule has 3 heterocycles. The number of anilines is 2. The summed E-state index contributed by atoms with van der Waals surface area (Å²) < 4.78 is 29.6. The molecular formula is C61H86Br2ClN9O15. The van der Waals surface area contributed by atoms with E-state index in [2.05, 4.69) is 63.8 Å². The van der Waals surface area contributed by atoms with E-state index < -0.39 is 120 Å². The number of urea groups is 1. The molecule has 0 aliphatic carbocycles. The number of ether oxygens (including phenoxy) is 5. The Morgan fingerprint density at radius 3 is 2.30 bits per heavy atom. The molecule has 0 radical (unpaired) electrons. The van der Waals surface area contributed by atoms with E-state index in [1.165, 1.54) is 51.3 Å². The van der Waals surface area contributed by atoms with E-state index in [0.717, 1.165) is 16.0 Å². The molecule has 9 amide bonds. The van der Waals surface area contributed by atoms with Gasteiger partial charge in [0.1, 0.15) is 47.8 Å². The summed E-state index contributed by atoms with van der Waals surface area (Å²) in [4.78, 5) is 125. The number of carbonyl (C=O) groups is 9. The molecule has 2 aromatic rings. The average Bonchev–Trinajstić information content (AvgIpc) is 1.71. The van der Waals surface area contributed by atoms with Crippen molar-refractivity contribution in [3.63, 3.8) is 0 Å². The number of hydrogen-bond donors (Lipinski definition) is 8. The summed E-state index contributed by atoms with van der Waals surface area (Å²) in [5.74, 6) is -5.21. The van der Waals surface area contributed by atoms with Gasteiger partial charge in [-0.05, 0) is 95.0 Å². The first-order chi connectivity index (χ1) is 41.5. The molecule has 24 nitrogen and oxygen atoms in total. The van der Waals surface area contributed by atoms with Crippen molar-refractivity contribution >= 4 is 108 Å². The van der Waals surface area contributed by atoms with Crippen LogP contribution in [0.3, 0.4) is 0 Å². The van der Waals surface area contributed by atoms with E-state index in [1.807, 2.05) is 26.0 Å². The molecule has 0 saturated carbocycles. The Hall–Kier alpha value is -6.32. The normalized spacial score (nSPS) is 23.9. The maximum Gasteiger partial charge on any atom is 0.409 e. The first kappa shape index (κ1) is 72.4.